The number of carbonyl (C=O) groups is 1. The molecule has 2 heterocycles. The molecule has 0 unspecified atom stereocenters. The van der Waals surface area contributed by atoms with E-state index in [4.69, 9.17) is 5.73 Å². The number of aryl methyl sites for hydroxylation is 2. The van der Waals surface area contributed by atoms with Gasteiger partial charge in [0.15, 0.2) is 0 Å². The van der Waals surface area contributed by atoms with E-state index in [2.05, 4.69) is 20.6 Å². The van der Waals surface area contributed by atoms with Gasteiger partial charge in [0.1, 0.15) is 11.0 Å². The fraction of sp³-hybridized carbons (Fsp3) is 0.333. The highest BCUT2D eigenvalue weighted by Gasteiger charge is 2.21. The number of nitrogens with zero attached hydrogens (tertiary/aromatic N) is 4. The van der Waals surface area contributed by atoms with E-state index in [1.54, 1.807) is 0 Å². The number of carbonyl (C=O) groups excluding carboxylic acids is 1. The molecule has 0 radical (unpaired) electrons. The van der Waals surface area contributed by atoms with Crippen LogP contribution in [0.4, 0.5) is 5.13 Å². The number of benzene rings is 1. The summed E-state index contributed by atoms with van der Waals surface area (Å²) in [6.45, 7) is 3.99. The lowest BCUT2D eigenvalue weighted by Gasteiger charge is -2.16. The molecule has 3 aromatic rings. The second-order valence-electron chi connectivity index (χ2n) is 6.16. The summed E-state index contributed by atoms with van der Waals surface area (Å²) in [7, 11) is 1.91. The van der Waals surface area contributed by atoms with Crippen molar-refractivity contribution >= 4 is 22.4 Å². The van der Waals surface area contributed by atoms with Crippen molar-refractivity contribution in [3.63, 3.8) is 0 Å². The van der Waals surface area contributed by atoms with Crippen LogP contribution in [0.15, 0.2) is 30.3 Å². The van der Waals surface area contributed by atoms with Crippen molar-refractivity contribution in [3.8, 4) is 0 Å². The minimum absolute atomic E-state index is 0.0460. The van der Waals surface area contributed by atoms with Gasteiger partial charge in [-0.05, 0) is 31.4 Å². The first-order valence-corrected chi connectivity index (χ1v) is 9.19. The molecule has 0 saturated heterocycles. The average Bonchev–Trinajstić information content (AvgIpc) is 3.15. The molecule has 3 rings (SSSR count). The van der Waals surface area contributed by atoms with E-state index >= 15 is 0 Å². The molecule has 1 atom stereocenters. The molecular formula is C18H22N6OS. The summed E-state index contributed by atoms with van der Waals surface area (Å²) in [4.78, 5) is 12.6. The van der Waals surface area contributed by atoms with Gasteiger partial charge in [0.05, 0.1) is 5.69 Å². The van der Waals surface area contributed by atoms with Gasteiger partial charge >= 0.3 is 0 Å². The summed E-state index contributed by atoms with van der Waals surface area (Å²) < 4.78 is 1.85. The van der Waals surface area contributed by atoms with Crippen LogP contribution in [-0.2, 0) is 18.3 Å². The third kappa shape index (κ3) is 3.91. The molecule has 136 valence electrons. The molecule has 8 heteroatoms. The lowest BCUT2D eigenvalue weighted by Crippen LogP contribution is -2.29. The van der Waals surface area contributed by atoms with E-state index in [0.717, 1.165) is 22.5 Å². The molecule has 1 amide bonds. The van der Waals surface area contributed by atoms with Gasteiger partial charge in [0, 0.05) is 19.2 Å². The summed E-state index contributed by atoms with van der Waals surface area (Å²) in [5, 5.41) is 16.5. The van der Waals surface area contributed by atoms with Crippen molar-refractivity contribution in [3.05, 3.63) is 57.9 Å². The van der Waals surface area contributed by atoms with Crippen LogP contribution in [0.3, 0.4) is 0 Å². The molecule has 0 fully saturated rings. The van der Waals surface area contributed by atoms with Crippen LogP contribution in [0.2, 0.25) is 0 Å². The van der Waals surface area contributed by atoms with E-state index in [9.17, 15) is 4.79 Å². The number of hydrogen-bond donors (Lipinski definition) is 2. The first-order chi connectivity index (χ1) is 12.5. The zero-order valence-corrected chi connectivity index (χ0v) is 15.9. The predicted molar refractivity (Wildman–Crippen MR) is 102 cm³/mol. The molecule has 7 nitrogen and oxygen atoms in total. The molecular weight excluding hydrogens is 348 g/mol. The summed E-state index contributed by atoms with van der Waals surface area (Å²) in [5.74, 6) is -0.0460. The number of nitrogen functional groups attached to an aromatic ring is 1. The molecule has 0 saturated carbocycles. The Balaban J connectivity index is 1.73. The first kappa shape index (κ1) is 18.1. The van der Waals surface area contributed by atoms with Crippen LogP contribution in [0, 0.1) is 13.8 Å². The SMILES string of the molecule is Cc1nn(C)c(C)c1CCC(=O)N[C@@H](c1ccccc1)c1nnc(N)s1. The highest BCUT2D eigenvalue weighted by Crippen LogP contribution is 2.26. The normalized spacial score (nSPS) is 12.1. The van der Waals surface area contributed by atoms with Gasteiger partial charge in [0.2, 0.25) is 11.0 Å². The number of nitrogens with two attached hydrogens (primary N) is 1. The van der Waals surface area contributed by atoms with Crippen molar-refractivity contribution in [1.82, 2.24) is 25.3 Å². The maximum Gasteiger partial charge on any atom is 0.221 e. The third-order valence-electron chi connectivity index (χ3n) is 4.40. The fourth-order valence-electron chi connectivity index (χ4n) is 2.95. The van der Waals surface area contributed by atoms with Crippen molar-refractivity contribution in [1.29, 1.82) is 0 Å². The molecule has 0 aliphatic heterocycles. The number of aromatic nitrogens is 4. The lowest BCUT2D eigenvalue weighted by molar-refractivity contribution is -0.121. The Labute approximate surface area is 156 Å². The first-order valence-electron chi connectivity index (χ1n) is 8.38. The van der Waals surface area contributed by atoms with E-state index in [0.29, 0.717) is 23.0 Å². The van der Waals surface area contributed by atoms with Crippen LogP contribution < -0.4 is 11.1 Å². The molecule has 3 N–H and O–H groups in total. The lowest BCUT2D eigenvalue weighted by atomic mass is 10.1. The third-order valence-corrected chi connectivity index (χ3v) is 5.22. The van der Waals surface area contributed by atoms with E-state index in [1.165, 1.54) is 11.3 Å². The Morgan fingerprint density at radius 1 is 1.27 bits per heavy atom. The zero-order valence-electron chi connectivity index (χ0n) is 15.1. The standard InChI is InChI=1S/C18H22N6OS/c1-11-14(12(2)24(3)23-11)9-10-15(25)20-16(13-7-5-4-6-8-13)17-21-22-18(19)26-17/h4-8,16H,9-10H2,1-3H3,(H2,19,22)(H,20,25)/t16-/m0/s1. The molecule has 0 spiro atoms. The van der Waals surface area contributed by atoms with Gasteiger partial charge in [-0.2, -0.15) is 5.10 Å². The summed E-state index contributed by atoms with van der Waals surface area (Å²) in [6.07, 6.45) is 1.03. The molecule has 0 aliphatic rings. The number of rotatable bonds is 6. The van der Waals surface area contributed by atoms with Crippen LogP contribution in [0.5, 0.6) is 0 Å². The maximum atomic E-state index is 12.6. The predicted octanol–water partition coefficient (Wildman–Crippen LogP) is 2.31. The van der Waals surface area contributed by atoms with Gasteiger partial charge in [-0.3, -0.25) is 9.48 Å². The van der Waals surface area contributed by atoms with Crippen LogP contribution in [0.1, 0.15) is 40.0 Å². The molecule has 0 bridgehead atoms. The van der Waals surface area contributed by atoms with Crippen molar-refractivity contribution < 1.29 is 4.79 Å². The van der Waals surface area contributed by atoms with Gasteiger partial charge in [0.25, 0.3) is 0 Å². The Morgan fingerprint density at radius 2 is 2.00 bits per heavy atom. The number of anilines is 1. The Morgan fingerprint density at radius 3 is 2.58 bits per heavy atom. The minimum Gasteiger partial charge on any atom is -0.374 e. The second-order valence-corrected chi connectivity index (χ2v) is 7.20. The topological polar surface area (TPSA) is 98.7 Å². The molecule has 26 heavy (non-hydrogen) atoms. The van der Waals surface area contributed by atoms with Crippen LogP contribution >= 0.6 is 11.3 Å². The molecule has 2 aromatic heterocycles. The average molecular weight is 370 g/mol. The van der Waals surface area contributed by atoms with Crippen LogP contribution in [0.25, 0.3) is 0 Å². The summed E-state index contributed by atoms with van der Waals surface area (Å²) in [5.41, 5.74) is 9.85. The summed E-state index contributed by atoms with van der Waals surface area (Å²) >= 11 is 1.28. The minimum atomic E-state index is -0.352. The van der Waals surface area contributed by atoms with Gasteiger partial charge in [-0.15, -0.1) is 10.2 Å². The molecule has 1 aromatic carbocycles. The van der Waals surface area contributed by atoms with E-state index in [1.807, 2.05) is 55.9 Å². The highest BCUT2D eigenvalue weighted by atomic mass is 32.1. The fourth-order valence-corrected chi connectivity index (χ4v) is 3.64. The van der Waals surface area contributed by atoms with E-state index in [-0.39, 0.29) is 11.9 Å². The van der Waals surface area contributed by atoms with Crippen molar-refractivity contribution in [2.24, 2.45) is 7.05 Å². The van der Waals surface area contributed by atoms with Gasteiger partial charge < -0.3 is 11.1 Å². The van der Waals surface area contributed by atoms with Gasteiger partial charge in [-0.25, -0.2) is 0 Å². The number of hydrogen-bond acceptors (Lipinski definition) is 6. The number of nitrogens with one attached hydrogen (secondary N) is 1. The van der Waals surface area contributed by atoms with Crippen molar-refractivity contribution in [2.45, 2.75) is 32.7 Å². The van der Waals surface area contributed by atoms with E-state index < -0.39 is 0 Å². The van der Waals surface area contributed by atoms with Crippen LogP contribution in [-0.4, -0.2) is 25.9 Å². The van der Waals surface area contributed by atoms with Crippen molar-refractivity contribution in [2.75, 3.05) is 5.73 Å². The smallest absolute Gasteiger partial charge is 0.221 e. The molecule has 0 aliphatic carbocycles. The Hall–Kier alpha value is -2.74. The quantitative estimate of drug-likeness (QED) is 0.694. The second kappa shape index (κ2) is 7.65. The largest absolute Gasteiger partial charge is 0.374 e. The number of amides is 1. The Bertz CT molecular complexity index is 902. The summed E-state index contributed by atoms with van der Waals surface area (Å²) in [6, 6.07) is 9.36. The Kier molecular flexibility index (Phi) is 5.32. The highest BCUT2D eigenvalue weighted by molar-refractivity contribution is 7.15. The zero-order chi connectivity index (χ0) is 18.7. The monoisotopic (exact) mass is 370 g/mol. The maximum absolute atomic E-state index is 12.6. The van der Waals surface area contributed by atoms with Gasteiger partial charge in [-0.1, -0.05) is 41.7 Å².